The number of anilines is 1. The van der Waals surface area contributed by atoms with E-state index in [1.807, 2.05) is 24.3 Å². The van der Waals surface area contributed by atoms with Crippen LogP contribution in [-0.4, -0.2) is 54.4 Å². The molecule has 3 rings (SSSR count). The number of halogens is 3. The predicted molar refractivity (Wildman–Crippen MR) is 106 cm³/mol. The molecule has 0 atom stereocenters. The van der Waals surface area contributed by atoms with Gasteiger partial charge in [-0.1, -0.05) is 23.9 Å². The predicted octanol–water partition coefficient (Wildman–Crippen LogP) is 3.71. The van der Waals surface area contributed by atoms with Crippen molar-refractivity contribution in [3.8, 4) is 0 Å². The van der Waals surface area contributed by atoms with Crippen LogP contribution < -0.4 is 5.32 Å². The lowest BCUT2D eigenvalue weighted by molar-refractivity contribution is -0.137. The summed E-state index contributed by atoms with van der Waals surface area (Å²) in [4.78, 5) is 18.2. The molecular weight excluding hydrogens is 403 g/mol. The Kier molecular flexibility index (Phi) is 7.51. The highest BCUT2D eigenvalue weighted by Crippen LogP contribution is 2.29. The van der Waals surface area contributed by atoms with Gasteiger partial charge in [-0.3, -0.25) is 9.69 Å². The van der Waals surface area contributed by atoms with Crippen LogP contribution >= 0.6 is 11.8 Å². The van der Waals surface area contributed by atoms with E-state index in [4.69, 9.17) is 4.74 Å². The number of rotatable bonds is 7. The Labute approximate surface area is 171 Å². The number of morpholine rings is 1. The molecule has 29 heavy (non-hydrogen) atoms. The molecule has 0 saturated carbocycles. The van der Waals surface area contributed by atoms with Crippen molar-refractivity contribution in [3.05, 3.63) is 53.7 Å². The molecule has 1 aliphatic heterocycles. The number of thioether (sulfide) groups is 1. The van der Waals surface area contributed by atoms with Gasteiger partial charge in [0.25, 0.3) is 0 Å². The molecule has 0 aliphatic carbocycles. The molecule has 0 unspecified atom stereocenters. The lowest BCUT2D eigenvalue weighted by Gasteiger charge is -2.26. The van der Waals surface area contributed by atoms with Gasteiger partial charge in [0.15, 0.2) is 0 Å². The van der Waals surface area contributed by atoms with Crippen LogP contribution in [0.2, 0.25) is 0 Å². The molecule has 2 aromatic rings. The lowest BCUT2D eigenvalue weighted by atomic mass is 10.1. The van der Waals surface area contributed by atoms with Crippen LogP contribution in [0.3, 0.4) is 0 Å². The number of ether oxygens (including phenoxy) is 1. The highest BCUT2D eigenvalue weighted by atomic mass is 32.2. The number of nitrogens with zero attached hydrogens (tertiary/aromatic N) is 2. The average Bonchev–Trinajstić information content (AvgIpc) is 2.72. The van der Waals surface area contributed by atoms with Gasteiger partial charge in [-0.05, 0) is 36.2 Å². The van der Waals surface area contributed by atoms with Crippen molar-refractivity contribution in [2.75, 3.05) is 43.9 Å². The Morgan fingerprint density at radius 3 is 2.48 bits per heavy atom. The average molecular weight is 425 g/mol. The summed E-state index contributed by atoms with van der Waals surface area (Å²) in [5.41, 5.74) is 1.07. The van der Waals surface area contributed by atoms with Gasteiger partial charge in [-0.25, -0.2) is 4.98 Å². The minimum atomic E-state index is -4.41. The number of pyridine rings is 1. The number of amides is 1. The Hall–Kier alpha value is -2.10. The summed E-state index contributed by atoms with van der Waals surface area (Å²) >= 11 is 1.09. The maximum absolute atomic E-state index is 12.5. The molecule has 0 spiro atoms. The number of nitrogens with one attached hydrogen (secondary N) is 1. The fourth-order valence-corrected chi connectivity index (χ4v) is 3.48. The minimum Gasteiger partial charge on any atom is -0.379 e. The fraction of sp³-hybridized carbons (Fsp3) is 0.400. The zero-order chi connectivity index (χ0) is 20.7. The number of carbonyl (C=O) groups is 1. The quantitative estimate of drug-likeness (QED) is 0.686. The largest absolute Gasteiger partial charge is 0.417 e. The number of benzene rings is 1. The fourth-order valence-electron chi connectivity index (χ4n) is 2.84. The molecule has 1 aromatic carbocycles. The second-order valence-electron chi connectivity index (χ2n) is 6.62. The number of hydrogen-bond acceptors (Lipinski definition) is 5. The van der Waals surface area contributed by atoms with E-state index in [9.17, 15) is 18.0 Å². The molecule has 2 heterocycles. The zero-order valence-electron chi connectivity index (χ0n) is 15.7. The van der Waals surface area contributed by atoms with E-state index in [2.05, 4.69) is 15.2 Å². The van der Waals surface area contributed by atoms with Crippen LogP contribution in [0.5, 0.6) is 0 Å². The molecular formula is C20H22F3N3O2S. The van der Waals surface area contributed by atoms with Gasteiger partial charge < -0.3 is 10.1 Å². The van der Waals surface area contributed by atoms with Crippen LogP contribution in [0, 0.1) is 0 Å². The maximum atomic E-state index is 12.5. The highest BCUT2D eigenvalue weighted by Gasteiger charge is 2.30. The number of hydrogen-bond donors (Lipinski definition) is 1. The topological polar surface area (TPSA) is 54.5 Å². The molecule has 1 N–H and O–H groups in total. The number of carbonyl (C=O) groups excluding carboxylic acids is 1. The molecule has 1 amide bonds. The van der Waals surface area contributed by atoms with Gasteiger partial charge in [0, 0.05) is 31.5 Å². The molecule has 0 bridgehead atoms. The van der Waals surface area contributed by atoms with Crippen LogP contribution in [-0.2, 0) is 22.1 Å². The summed E-state index contributed by atoms with van der Waals surface area (Å²) in [5, 5.41) is 3.15. The first-order chi connectivity index (χ1) is 13.9. The molecule has 1 aromatic heterocycles. The Morgan fingerprint density at radius 1 is 1.14 bits per heavy atom. The zero-order valence-corrected chi connectivity index (χ0v) is 16.6. The molecule has 1 fully saturated rings. The first-order valence-corrected chi connectivity index (χ1v) is 10.2. The third kappa shape index (κ3) is 7.02. The van der Waals surface area contributed by atoms with Crippen molar-refractivity contribution in [2.24, 2.45) is 0 Å². The first kappa shape index (κ1) is 21.6. The molecule has 156 valence electrons. The van der Waals surface area contributed by atoms with E-state index < -0.39 is 11.7 Å². The smallest absolute Gasteiger partial charge is 0.379 e. The number of alkyl halides is 3. The summed E-state index contributed by atoms with van der Waals surface area (Å²) in [5.74, 6) is -0.172. The minimum absolute atomic E-state index is 0.0666. The monoisotopic (exact) mass is 425 g/mol. The van der Waals surface area contributed by atoms with Crippen LogP contribution in [0.15, 0.2) is 47.6 Å². The van der Waals surface area contributed by atoms with E-state index in [1.54, 1.807) is 0 Å². The third-order valence-electron chi connectivity index (χ3n) is 4.47. The molecule has 9 heteroatoms. The first-order valence-electron chi connectivity index (χ1n) is 9.25. The van der Waals surface area contributed by atoms with E-state index in [0.717, 1.165) is 63.3 Å². The van der Waals surface area contributed by atoms with E-state index in [0.29, 0.717) is 10.7 Å². The van der Waals surface area contributed by atoms with Gasteiger partial charge in [0.05, 0.1) is 29.6 Å². The van der Waals surface area contributed by atoms with Crippen molar-refractivity contribution in [1.29, 1.82) is 0 Å². The van der Waals surface area contributed by atoms with Crippen molar-refractivity contribution in [2.45, 2.75) is 17.6 Å². The van der Waals surface area contributed by atoms with E-state index in [-0.39, 0.29) is 11.7 Å². The van der Waals surface area contributed by atoms with Crippen molar-refractivity contribution >= 4 is 23.4 Å². The second-order valence-corrected chi connectivity index (χ2v) is 7.62. The summed E-state index contributed by atoms with van der Waals surface area (Å²) in [6.45, 7) is 4.46. The standard InChI is InChI=1S/C20H22F3N3O2S/c21-20(22,23)16-3-6-19(24-13-16)29-14-18(27)25-17-4-1-15(2-5-17)7-8-26-9-11-28-12-10-26/h1-6,13H,7-12,14H2,(H,25,27). The SMILES string of the molecule is O=C(CSc1ccc(C(F)(F)F)cn1)Nc1ccc(CCN2CCOCC2)cc1. The Balaban J connectivity index is 1.42. The van der Waals surface area contributed by atoms with Gasteiger partial charge in [0.2, 0.25) is 5.91 Å². The van der Waals surface area contributed by atoms with Gasteiger partial charge >= 0.3 is 6.18 Å². The van der Waals surface area contributed by atoms with Gasteiger partial charge in [-0.2, -0.15) is 13.2 Å². The normalized spacial score (nSPS) is 15.3. The van der Waals surface area contributed by atoms with Crippen molar-refractivity contribution < 1.29 is 22.7 Å². The van der Waals surface area contributed by atoms with E-state index >= 15 is 0 Å². The van der Waals surface area contributed by atoms with Crippen LogP contribution in [0.25, 0.3) is 0 Å². The maximum Gasteiger partial charge on any atom is 0.417 e. The molecule has 1 saturated heterocycles. The Bertz CT molecular complexity index is 792. The summed E-state index contributed by atoms with van der Waals surface area (Å²) in [6, 6.07) is 9.91. The number of aromatic nitrogens is 1. The summed E-state index contributed by atoms with van der Waals surface area (Å²) in [7, 11) is 0. The Morgan fingerprint density at radius 2 is 1.86 bits per heavy atom. The van der Waals surface area contributed by atoms with Crippen LogP contribution in [0.1, 0.15) is 11.1 Å². The van der Waals surface area contributed by atoms with Crippen molar-refractivity contribution in [1.82, 2.24) is 9.88 Å². The van der Waals surface area contributed by atoms with Crippen molar-refractivity contribution in [3.63, 3.8) is 0 Å². The lowest BCUT2D eigenvalue weighted by Crippen LogP contribution is -2.37. The summed E-state index contributed by atoms with van der Waals surface area (Å²) in [6.07, 6.45) is -2.71. The third-order valence-corrected chi connectivity index (χ3v) is 5.42. The highest BCUT2D eigenvalue weighted by molar-refractivity contribution is 7.99. The van der Waals surface area contributed by atoms with Crippen LogP contribution in [0.4, 0.5) is 18.9 Å². The molecule has 5 nitrogen and oxygen atoms in total. The van der Waals surface area contributed by atoms with Gasteiger partial charge in [0.1, 0.15) is 0 Å². The van der Waals surface area contributed by atoms with E-state index in [1.165, 1.54) is 11.6 Å². The summed E-state index contributed by atoms with van der Waals surface area (Å²) < 4.78 is 42.9. The molecule has 1 aliphatic rings. The molecule has 0 radical (unpaired) electrons. The second kappa shape index (κ2) is 10.1. The van der Waals surface area contributed by atoms with Gasteiger partial charge in [-0.15, -0.1) is 0 Å².